The van der Waals surface area contributed by atoms with E-state index in [1.807, 2.05) is 36.4 Å². The van der Waals surface area contributed by atoms with E-state index in [1.165, 1.54) is 12.0 Å². The van der Waals surface area contributed by atoms with E-state index in [0.717, 1.165) is 33.1 Å². The molecule has 0 radical (unpaired) electrons. The molecule has 1 amide bonds. The third-order valence-electron chi connectivity index (χ3n) is 4.82. The number of carbonyl (C=O) groups excluding carboxylic acids is 1. The second-order valence-corrected chi connectivity index (χ2v) is 6.51. The molecule has 1 unspecified atom stereocenters. The van der Waals surface area contributed by atoms with E-state index in [2.05, 4.69) is 21.8 Å². The molecule has 1 fully saturated rings. The van der Waals surface area contributed by atoms with Crippen LogP contribution in [0.3, 0.4) is 0 Å². The molecular weight excluding hydrogens is 353 g/mol. The Morgan fingerprint density at radius 1 is 1.25 bits per heavy atom. The van der Waals surface area contributed by atoms with Gasteiger partial charge in [-0.05, 0) is 0 Å². The fraction of sp³-hybridized carbons (Fsp3) is 0.190. The number of nitrogens with one attached hydrogen (secondary N) is 1. The third kappa shape index (κ3) is 3.08. The Hall–Kier alpha value is -3.71. The predicted molar refractivity (Wildman–Crippen MR) is 107 cm³/mol. The molecule has 1 aliphatic rings. The quantitative estimate of drug-likeness (QED) is 0.427. The summed E-state index contributed by atoms with van der Waals surface area (Å²) in [6, 6.07) is 11.5. The molecule has 1 atom stereocenters. The Kier molecular flexibility index (Phi) is 4.51. The van der Waals surface area contributed by atoms with Crippen molar-refractivity contribution in [3.8, 4) is 18.1 Å². The van der Waals surface area contributed by atoms with Crippen LogP contribution in [-0.4, -0.2) is 30.7 Å². The van der Waals surface area contributed by atoms with Crippen LogP contribution < -0.4 is 5.32 Å². The van der Waals surface area contributed by atoms with Crippen molar-refractivity contribution in [1.29, 1.82) is 5.26 Å². The zero-order chi connectivity index (χ0) is 19.7. The molecule has 2 aromatic carbocycles. The molecule has 0 saturated carbocycles. The van der Waals surface area contributed by atoms with Crippen molar-refractivity contribution in [1.82, 2.24) is 10.2 Å². The number of hydrogen-bond acceptors (Lipinski definition) is 5. The SMILES string of the molecule is CC#Cc1ccc2oc3ccc(C4CC(=O)N(C)C(=BOC#N)N4)cc3c2c1. The summed E-state index contributed by atoms with van der Waals surface area (Å²) < 4.78 is 10.6. The molecule has 0 bridgehead atoms. The average Bonchev–Trinajstić information content (AvgIpc) is 3.06. The van der Waals surface area contributed by atoms with E-state index in [9.17, 15) is 4.79 Å². The van der Waals surface area contributed by atoms with Gasteiger partial charge in [-0.25, -0.2) is 0 Å². The average molecular weight is 369 g/mol. The summed E-state index contributed by atoms with van der Waals surface area (Å²) in [5, 5.41) is 13.8. The number of hydrogen-bond donors (Lipinski definition) is 1. The molecule has 1 aromatic heterocycles. The zero-order valence-electron chi connectivity index (χ0n) is 15.4. The van der Waals surface area contributed by atoms with E-state index in [0.29, 0.717) is 12.1 Å². The summed E-state index contributed by atoms with van der Waals surface area (Å²) >= 11 is 0. The minimum atomic E-state index is -0.231. The van der Waals surface area contributed by atoms with Crippen molar-refractivity contribution in [2.45, 2.75) is 19.4 Å². The van der Waals surface area contributed by atoms with Crippen LogP contribution in [0.5, 0.6) is 0 Å². The molecule has 6 nitrogen and oxygen atoms in total. The number of fused-ring (bicyclic) bond motifs is 3. The summed E-state index contributed by atoms with van der Waals surface area (Å²) in [6.07, 6.45) is 1.88. The van der Waals surface area contributed by atoms with Crippen molar-refractivity contribution in [2.24, 2.45) is 0 Å². The first-order valence-electron chi connectivity index (χ1n) is 8.77. The van der Waals surface area contributed by atoms with Gasteiger partial charge in [0.15, 0.2) is 0 Å². The van der Waals surface area contributed by atoms with Gasteiger partial charge in [-0.15, -0.1) is 0 Å². The third-order valence-corrected chi connectivity index (χ3v) is 4.82. The van der Waals surface area contributed by atoms with Crippen molar-refractivity contribution < 1.29 is 13.9 Å². The maximum atomic E-state index is 12.4. The molecule has 1 saturated heterocycles. The van der Waals surface area contributed by atoms with E-state index in [4.69, 9.17) is 9.68 Å². The number of nitriles is 1. The molecule has 0 aliphatic carbocycles. The summed E-state index contributed by atoms with van der Waals surface area (Å²) in [5.74, 6) is 5.91. The number of nitrogens with zero attached hydrogens (tertiary/aromatic N) is 2. The number of amides is 1. The van der Waals surface area contributed by atoms with Gasteiger partial charge in [-0.1, -0.05) is 0 Å². The van der Waals surface area contributed by atoms with E-state index >= 15 is 0 Å². The Morgan fingerprint density at radius 2 is 2.00 bits per heavy atom. The Labute approximate surface area is 162 Å². The van der Waals surface area contributed by atoms with Crippen LogP contribution in [0.4, 0.5) is 0 Å². The van der Waals surface area contributed by atoms with Gasteiger partial charge in [0.2, 0.25) is 0 Å². The molecule has 4 rings (SSSR count). The van der Waals surface area contributed by atoms with Gasteiger partial charge in [0, 0.05) is 0 Å². The first kappa shape index (κ1) is 17.7. The minimum absolute atomic E-state index is 0.0609. The van der Waals surface area contributed by atoms with Gasteiger partial charge in [-0.2, -0.15) is 0 Å². The van der Waals surface area contributed by atoms with Gasteiger partial charge < -0.3 is 0 Å². The maximum absolute atomic E-state index is 12.4. The van der Waals surface area contributed by atoms with Gasteiger partial charge >= 0.3 is 162 Å². The molecule has 3 aromatic rings. The van der Waals surface area contributed by atoms with Crippen LogP contribution in [0.2, 0.25) is 0 Å². The molecule has 2 heterocycles. The van der Waals surface area contributed by atoms with Gasteiger partial charge in [0.1, 0.15) is 0 Å². The first-order valence-corrected chi connectivity index (χ1v) is 8.77. The van der Waals surface area contributed by atoms with Crippen LogP contribution >= 0.6 is 0 Å². The molecule has 7 heteroatoms. The first-order chi connectivity index (χ1) is 13.6. The summed E-state index contributed by atoms with van der Waals surface area (Å²) in [4.78, 5) is 13.8. The summed E-state index contributed by atoms with van der Waals surface area (Å²) in [5.41, 5.74) is 3.90. The monoisotopic (exact) mass is 369 g/mol. The normalized spacial score (nSPS) is 17.6. The van der Waals surface area contributed by atoms with Crippen LogP contribution in [0.25, 0.3) is 21.9 Å². The fourth-order valence-corrected chi connectivity index (χ4v) is 3.40. The summed E-state index contributed by atoms with van der Waals surface area (Å²) in [6.45, 7) is 1.81. The fourth-order valence-electron chi connectivity index (χ4n) is 3.40. The number of rotatable bonds is 2. The van der Waals surface area contributed by atoms with Crippen molar-refractivity contribution in [3.05, 3.63) is 47.5 Å². The van der Waals surface area contributed by atoms with Crippen molar-refractivity contribution >= 4 is 40.7 Å². The van der Waals surface area contributed by atoms with Crippen LogP contribution in [0, 0.1) is 23.4 Å². The van der Waals surface area contributed by atoms with Gasteiger partial charge in [0.05, 0.1) is 0 Å². The van der Waals surface area contributed by atoms with E-state index in [-0.39, 0.29) is 11.9 Å². The van der Waals surface area contributed by atoms with Crippen LogP contribution in [0.1, 0.15) is 30.5 Å². The summed E-state index contributed by atoms with van der Waals surface area (Å²) in [7, 11) is 2.88. The van der Waals surface area contributed by atoms with Gasteiger partial charge in [-0.3, -0.25) is 0 Å². The van der Waals surface area contributed by atoms with Crippen molar-refractivity contribution in [3.63, 3.8) is 0 Å². The molecule has 28 heavy (non-hydrogen) atoms. The van der Waals surface area contributed by atoms with E-state index < -0.39 is 0 Å². The molecule has 1 aliphatic heterocycles. The molecule has 0 spiro atoms. The van der Waals surface area contributed by atoms with Gasteiger partial charge in [0.25, 0.3) is 0 Å². The Balaban J connectivity index is 1.77. The second kappa shape index (κ2) is 7.13. The van der Waals surface area contributed by atoms with Crippen LogP contribution in [0.15, 0.2) is 40.8 Å². The predicted octanol–water partition coefficient (Wildman–Crippen LogP) is 2.65. The molecular formula is C21H16BN3O3. The molecule has 136 valence electrons. The molecule has 1 N–H and O–H groups in total. The Morgan fingerprint density at radius 3 is 2.75 bits per heavy atom. The number of carbonyl (C=O) groups is 1. The Bertz CT molecular complexity index is 1230. The van der Waals surface area contributed by atoms with Crippen LogP contribution in [-0.2, 0) is 9.45 Å². The number of benzene rings is 2. The van der Waals surface area contributed by atoms with Crippen molar-refractivity contribution in [2.75, 3.05) is 7.05 Å². The van der Waals surface area contributed by atoms with E-state index in [1.54, 1.807) is 20.2 Å². The zero-order valence-corrected chi connectivity index (χ0v) is 15.4. The second-order valence-electron chi connectivity index (χ2n) is 6.51. The standard InChI is InChI=1S/C21H16BN3O3/c1-3-4-13-5-7-18-15(9-13)16-10-14(6-8-19(16)28-18)17-11-20(26)25(2)21(24-17)22-27-12-23/h5-10,17,24H,11H2,1-2H3. The topological polar surface area (TPSA) is 78.5 Å². The number of furan rings is 1.